The van der Waals surface area contributed by atoms with Crippen molar-refractivity contribution in [2.75, 3.05) is 0 Å². The molecule has 2 aliphatic rings. The summed E-state index contributed by atoms with van der Waals surface area (Å²) in [6, 6.07) is 0. The average Bonchev–Trinajstić information content (AvgIpc) is 2.41. The monoisotopic (exact) mass is 138 g/mol. The Kier molecular flexibility index (Phi) is 1.19. The first-order chi connectivity index (χ1) is 4.74. The summed E-state index contributed by atoms with van der Waals surface area (Å²) in [5.74, 6) is 0.802. The van der Waals surface area contributed by atoms with Crippen LogP contribution in [0.3, 0.4) is 0 Å². The SMILES string of the molecule is CC=C1CC2CCC1(O)C2. The van der Waals surface area contributed by atoms with Gasteiger partial charge in [-0.15, -0.1) is 0 Å². The number of hydrogen-bond acceptors (Lipinski definition) is 1. The van der Waals surface area contributed by atoms with Crippen molar-refractivity contribution < 1.29 is 5.11 Å². The van der Waals surface area contributed by atoms with Gasteiger partial charge >= 0.3 is 0 Å². The lowest BCUT2D eigenvalue weighted by atomic mass is 9.91. The van der Waals surface area contributed by atoms with E-state index in [9.17, 15) is 5.11 Å². The number of rotatable bonds is 0. The molecule has 2 unspecified atom stereocenters. The summed E-state index contributed by atoms with van der Waals surface area (Å²) in [6.45, 7) is 2.04. The van der Waals surface area contributed by atoms with Gasteiger partial charge in [0.2, 0.25) is 0 Å². The molecular weight excluding hydrogens is 124 g/mol. The van der Waals surface area contributed by atoms with E-state index >= 15 is 0 Å². The molecule has 2 rings (SSSR count). The van der Waals surface area contributed by atoms with Gasteiger partial charge in [-0.05, 0) is 44.1 Å². The van der Waals surface area contributed by atoms with Crippen LogP contribution in [0.2, 0.25) is 0 Å². The minimum Gasteiger partial charge on any atom is -0.386 e. The van der Waals surface area contributed by atoms with Crippen LogP contribution in [0.15, 0.2) is 11.6 Å². The van der Waals surface area contributed by atoms with Crippen molar-refractivity contribution in [2.45, 2.75) is 38.2 Å². The quantitative estimate of drug-likeness (QED) is 0.507. The Balaban J connectivity index is 2.30. The minimum atomic E-state index is -0.362. The van der Waals surface area contributed by atoms with Gasteiger partial charge in [-0.1, -0.05) is 6.08 Å². The van der Waals surface area contributed by atoms with E-state index in [0.29, 0.717) is 0 Å². The van der Waals surface area contributed by atoms with Crippen LogP contribution in [0.4, 0.5) is 0 Å². The van der Waals surface area contributed by atoms with Gasteiger partial charge in [-0.3, -0.25) is 0 Å². The lowest BCUT2D eigenvalue weighted by molar-refractivity contribution is 0.0933. The maximum absolute atomic E-state index is 9.93. The van der Waals surface area contributed by atoms with E-state index in [2.05, 4.69) is 6.08 Å². The summed E-state index contributed by atoms with van der Waals surface area (Å²) in [7, 11) is 0. The van der Waals surface area contributed by atoms with Gasteiger partial charge in [0.05, 0.1) is 5.60 Å². The lowest BCUT2D eigenvalue weighted by Gasteiger charge is -2.22. The summed E-state index contributed by atoms with van der Waals surface area (Å²) >= 11 is 0. The molecule has 2 aliphatic carbocycles. The van der Waals surface area contributed by atoms with Crippen molar-refractivity contribution >= 4 is 0 Å². The van der Waals surface area contributed by atoms with Crippen molar-refractivity contribution in [3.8, 4) is 0 Å². The molecule has 1 nitrogen and oxygen atoms in total. The second-order valence-corrected chi connectivity index (χ2v) is 3.66. The Hall–Kier alpha value is -0.300. The highest BCUT2D eigenvalue weighted by molar-refractivity contribution is 5.25. The second kappa shape index (κ2) is 1.85. The predicted molar refractivity (Wildman–Crippen MR) is 40.7 cm³/mol. The molecule has 10 heavy (non-hydrogen) atoms. The number of hydrogen-bond donors (Lipinski definition) is 1. The van der Waals surface area contributed by atoms with Gasteiger partial charge in [-0.2, -0.15) is 0 Å². The predicted octanol–water partition coefficient (Wildman–Crippen LogP) is 1.87. The van der Waals surface area contributed by atoms with Crippen LogP contribution in [-0.2, 0) is 0 Å². The standard InChI is InChI=1S/C9H14O/c1-2-8-5-7-3-4-9(8,10)6-7/h2,7,10H,3-6H2,1H3. The third-order valence-corrected chi connectivity index (χ3v) is 3.05. The van der Waals surface area contributed by atoms with Crippen molar-refractivity contribution in [3.05, 3.63) is 11.6 Å². The van der Waals surface area contributed by atoms with Crippen LogP contribution >= 0.6 is 0 Å². The van der Waals surface area contributed by atoms with Crippen LogP contribution in [0.25, 0.3) is 0 Å². The van der Waals surface area contributed by atoms with Crippen LogP contribution in [0, 0.1) is 5.92 Å². The molecule has 2 fully saturated rings. The molecule has 1 heteroatoms. The molecule has 2 atom stereocenters. The zero-order valence-corrected chi connectivity index (χ0v) is 6.43. The van der Waals surface area contributed by atoms with Gasteiger partial charge in [0.15, 0.2) is 0 Å². The van der Waals surface area contributed by atoms with E-state index in [1.165, 1.54) is 12.0 Å². The molecule has 56 valence electrons. The zero-order chi connectivity index (χ0) is 7.19. The Morgan fingerprint density at radius 2 is 2.50 bits per heavy atom. The first kappa shape index (κ1) is 6.41. The number of fused-ring (bicyclic) bond motifs is 2. The first-order valence-electron chi connectivity index (χ1n) is 4.13. The van der Waals surface area contributed by atoms with Gasteiger partial charge in [0.1, 0.15) is 0 Å². The smallest absolute Gasteiger partial charge is 0.0859 e. The third kappa shape index (κ3) is 0.671. The molecule has 2 bridgehead atoms. The Bertz CT molecular complexity index is 183. The molecule has 0 heterocycles. The molecule has 0 saturated heterocycles. The van der Waals surface area contributed by atoms with Crippen LogP contribution < -0.4 is 0 Å². The fraction of sp³-hybridized carbons (Fsp3) is 0.778. The molecule has 1 N–H and O–H groups in total. The van der Waals surface area contributed by atoms with E-state index in [0.717, 1.165) is 25.2 Å². The number of aliphatic hydroxyl groups is 1. The van der Waals surface area contributed by atoms with Gasteiger partial charge in [-0.25, -0.2) is 0 Å². The molecule has 0 aromatic rings. The van der Waals surface area contributed by atoms with Crippen LogP contribution in [-0.4, -0.2) is 10.7 Å². The van der Waals surface area contributed by atoms with E-state index in [1.54, 1.807) is 0 Å². The Morgan fingerprint density at radius 3 is 2.80 bits per heavy atom. The summed E-state index contributed by atoms with van der Waals surface area (Å²) in [5, 5.41) is 9.93. The van der Waals surface area contributed by atoms with Gasteiger partial charge in [0.25, 0.3) is 0 Å². The fourth-order valence-corrected chi connectivity index (χ4v) is 2.48. The summed E-state index contributed by atoms with van der Waals surface area (Å²) in [6.07, 6.45) is 6.55. The normalized spacial score (nSPS) is 49.0. The number of allylic oxidation sites excluding steroid dienone is 1. The summed E-state index contributed by atoms with van der Waals surface area (Å²) in [4.78, 5) is 0. The molecule has 0 aromatic carbocycles. The molecule has 0 aliphatic heterocycles. The van der Waals surface area contributed by atoms with Crippen molar-refractivity contribution in [3.63, 3.8) is 0 Å². The maximum Gasteiger partial charge on any atom is 0.0859 e. The van der Waals surface area contributed by atoms with Gasteiger partial charge in [0, 0.05) is 0 Å². The highest BCUT2D eigenvalue weighted by Gasteiger charge is 2.46. The van der Waals surface area contributed by atoms with Crippen molar-refractivity contribution in [1.29, 1.82) is 0 Å². The van der Waals surface area contributed by atoms with E-state index < -0.39 is 0 Å². The molecule has 0 radical (unpaired) electrons. The Morgan fingerprint density at radius 1 is 1.70 bits per heavy atom. The molecule has 0 aromatic heterocycles. The topological polar surface area (TPSA) is 20.2 Å². The molecule has 2 saturated carbocycles. The largest absolute Gasteiger partial charge is 0.386 e. The van der Waals surface area contributed by atoms with E-state index in [-0.39, 0.29) is 5.60 Å². The summed E-state index contributed by atoms with van der Waals surface area (Å²) in [5.41, 5.74) is 0.933. The maximum atomic E-state index is 9.93. The van der Waals surface area contributed by atoms with Crippen molar-refractivity contribution in [1.82, 2.24) is 0 Å². The zero-order valence-electron chi connectivity index (χ0n) is 6.43. The summed E-state index contributed by atoms with van der Waals surface area (Å²) < 4.78 is 0. The van der Waals surface area contributed by atoms with Crippen molar-refractivity contribution in [2.24, 2.45) is 5.92 Å². The highest BCUT2D eigenvalue weighted by Crippen LogP contribution is 2.50. The van der Waals surface area contributed by atoms with Gasteiger partial charge < -0.3 is 5.11 Å². The second-order valence-electron chi connectivity index (χ2n) is 3.66. The minimum absolute atomic E-state index is 0.362. The Labute approximate surface area is 61.8 Å². The van der Waals surface area contributed by atoms with E-state index in [1.807, 2.05) is 6.92 Å². The average molecular weight is 138 g/mol. The van der Waals surface area contributed by atoms with E-state index in [4.69, 9.17) is 0 Å². The third-order valence-electron chi connectivity index (χ3n) is 3.05. The van der Waals surface area contributed by atoms with Crippen LogP contribution in [0.1, 0.15) is 32.6 Å². The molecular formula is C9H14O. The lowest BCUT2D eigenvalue weighted by Crippen LogP contribution is -2.23. The van der Waals surface area contributed by atoms with Crippen LogP contribution in [0.5, 0.6) is 0 Å². The fourth-order valence-electron chi connectivity index (χ4n) is 2.48. The molecule has 0 spiro atoms. The first-order valence-corrected chi connectivity index (χ1v) is 4.13. The molecule has 0 amide bonds. The highest BCUT2D eigenvalue weighted by atomic mass is 16.3.